The van der Waals surface area contributed by atoms with Gasteiger partial charge in [-0.05, 0) is 6.07 Å². The molecule has 1 aromatic carbocycles. The highest BCUT2D eigenvalue weighted by molar-refractivity contribution is 5.84. The highest BCUT2D eigenvalue weighted by atomic mass is 19.4. The quantitative estimate of drug-likeness (QED) is 0.786. The summed E-state index contributed by atoms with van der Waals surface area (Å²) in [5, 5.41) is 0. The lowest BCUT2D eigenvalue weighted by Gasteiger charge is -2.25. The zero-order valence-electron chi connectivity index (χ0n) is 9.94. The van der Waals surface area contributed by atoms with Crippen LogP contribution in [0.5, 0.6) is 0 Å². The number of halogens is 7. The summed E-state index contributed by atoms with van der Waals surface area (Å²) >= 11 is 0. The van der Waals surface area contributed by atoms with Crippen LogP contribution in [0.1, 0.15) is 5.56 Å². The SMILES string of the molecule is CN(Cc1ccc(F)cc1F)C(=O)C(F)(F)C(F)(F)F. The highest BCUT2D eigenvalue weighted by Gasteiger charge is 2.64. The molecule has 0 heterocycles. The Balaban J connectivity index is 2.91. The van der Waals surface area contributed by atoms with E-state index in [9.17, 15) is 35.5 Å². The fourth-order valence-corrected chi connectivity index (χ4v) is 1.34. The van der Waals surface area contributed by atoms with Crippen LogP contribution >= 0.6 is 0 Å². The van der Waals surface area contributed by atoms with Gasteiger partial charge in [0.2, 0.25) is 0 Å². The average molecular weight is 303 g/mol. The van der Waals surface area contributed by atoms with E-state index in [1.807, 2.05) is 0 Å². The Bertz CT molecular complexity index is 512. The van der Waals surface area contributed by atoms with E-state index in [0.29, 0.717) is 13.1 Å². The normalized spacial score (nSPS) is 12.4. The number of amides is 1. The molecule has 0 saturated heterocycles. The molecule has 0 spiro atoms. The Morgan fingerprint density at radius 2 is 1.70 bits per heavy atom. The van der Waals surface area contributed by atoms with Gasteiger partial charge < -0.3 is 4.90 Å². The van der Waals surface area contributed by atoms with Gasteiger partial charge in [0.05, 0.1) is 0 Å². The molecule has 1 amide bonds. The lowest BCUT2D eigenvalue weighted by Crippen LogP contribution is -2.50. The molecule has 0 aliphatic heterocycles. The van der Waals surface area contributed by atoms with E-state index in [-0.39, 0.29) is 10.5 Å². The number of benzene rings is 1. The molecule has 0 unspecified atom stereocenters. The number of carbonyl (C=O) groups excluding carboxylic acids is 1. The molecule has 0 fully saturated rings. The van der Waals surface area contributed by atoms with Crippen molar-refractivity contribution < 1.29 is 35.5 Å². The van der Waals surface area contributed by atoms with Crippen molar-refractivity contribution in [2.24, 2.45) is 0 Å². The maximum Gasteiger partial charge on any atom is 0.463 e. The van der Waals surface area contributed by atoms with E-state index >= 15 is 0 Å². The van der Waals surface area contributed by atoms with E-state index in [1.165, 1.54) is 0 Å². The molecule has 1 rings (SSSR count). The van der Waals surface area contributed by atoms with Gasteiger partial charge in [-0.1, -0.05) is 6.07 Å². The molecule has 0 saturated carbocycles. The van der Waals surface area contributed by atoms with Gasteiger partial charge in [0.15, 0.2) is 0 Å². The van der Waals surface area contributed by atoms with Gasteiger partial charge in [-0.3, -0.25) is 4.79 Å². The van der Waals surface area contributed by atoms with Crippen molar-refractivity contribution in [2.75, 3.05) is 7.05 Å². The van der Waals surface area contributed by atoms with Gasteiger partial charge in [0.1, 0.15) is 11.6 Å². The van der Waals surface area contributed by atoms with Crippen LogP contribution < -0.4 is 0 Å². The summed E-state index contributed by atoms with van der Waals surface area (Å²) < 4.78 is 87.3. The Hall–Kier alpha value is -1.80. The first kappa shape index (κ1) is 16.3. The van der Waals surface area contributed by atoms with Gasteiger partial charge in [-0.15, -0.1) is 0 Å². The second kappa shape index (κ2) is 5.29. The molecular formula is C11H8F7NO. The lowest BCUT2D eigenvalue weighted by molar-refractivity contribution is -0.274. The maximum atomic E-state index is 13.2. The van der Waals surface area contributed by atoms with Gasteiger partial charge in [-0.2, -0.15) is 22.0 Å². The lowest BCUT2D eigenvalue weighted by atomic mass is 10.2. The Labute approximate surface area is 108 Å². The molecule has 112 valence electrons. The summed E-state index contributed by atoms with van der Waals surface area (Å²) in [5.74, 6) is -10.2. The van der Waals surface area contributed by atoms with Crippen LogP contribution in [0, 0.1) is 11.6 Å². The minimum atomic E-state index is -6.04. The summed E-state index contributed by atoms with van der Waals surface area (Å²) in [5.41, 5.74) is -0.389. The van der Waals surface area contributed by atoms with Crippen molar-refractivity contribution in [3.8, 4) is 0 Å². The van der Waals surface area contributed by atoms with Crippen molar-refractivity contribution in [2.45, 2.75) is 18.6 Å². The first-order valence-corrected chi connectivity index (χ1v) is 5.11. The van der Waals surface area contributed by atoms with Crippen LogP contribution in [0.15, 0.2) is 18.2 Å². The average Bonchev–Trinajstić information content (AvgIpc) is 2.30. The summed E-state index contributed by atoms with van der Waals surface area (Å²) in [7, 11) is 0.658. The van der Waals surface area contributed by atoms with Crippen molar-refractivity contribution in [1.29, 1.82) is 0 Å². The van der Waals surface area contributed by atoms with E-state index in [1.54, 1.807) is 0 Å². The topological polar surface area (TPSA) is 20.3 Å². The molecule has 9 heteroatoms. The Morgan fingerprint density at radius 3 is 2.15 bits per heavy atom. The van der Waals surface area contributed by atoms with Gasteiger partial charge in [0, 0.05) is 25.2 Å². The predicted molar refractivity (Wildman–Crippen MR) is 53.8 cm³/mol. The second-order valence-corrected chi connectivity index (χ2v) is 3.97. The maximum absolute atomic E-state index is 13.2. The van der Waals surface area contributed by atoms with Crippen molar-refractivity contribution in [1.82, 2.24) is 4.90 Å². The Morgan fingerprint density at radius 1 is 1.15 bits per heavy atom. The third kappa shape index (κ3) is 3.20. The fraction of sp³-hybridized carbons (Fsp3) is 0.364. The number of carbonyl (C=O) groups is 1. The summed E-state index contributed by atoms with van der Waals surface area (Å²) in [6.07, 6.45) is -6.04. The van der Waals surface area contributed by atoms with Crippen molar-refractivity contribution >= 4 is 5.91 Å². The molecule has 0 radical (unpaired) electrons. The van der Waals surface area contributed by atoms with E-state index in [4.69, 9.17) is 0 Å². The van der Waals surface area contributed by atoms with Crippen molar-refractivity contribution in [3.63, 3.8) is 0 Å². The van der Waals surface area contributed by atoms with E-state index < -0.39 is 36.2 Å². The summed E-state index contributed by atoms with van der Waals surface area (Å²) in [6.45, 7) is -0.851. The van der Waals surface area contributed by atoms with E-state index in [0.717, 1.165) is 12.1 Å². The van der Waals surface area contributed by atoms with Gasteiger partial charge >= 0.3 is 18.0 Å². The first-order chi connectivity index (χ1) is 8.96. The molecule has 0 N–H and O–H groups in total. The molecule has 0 aliphatic carbocycles. The smallest absolute Gasteiger partial charge is 0.336 e. The summed E-state index contributed by atoms with van der Waals surface area (Å²) in [6, 6.07) is 2.06. The number of rotatable bonds is 3. The van der Waals surface area contributed by atoms with Crippen LogP contribution in [0.25, 0.3) is 0 Å². The van der Waals surface area contributed by atoms with Crippen LogP contribution in [0.2, 0.25) is 0 Å². The number of hydrogen-bond donors (Lipinski definition) is 0. The molecule has 0 bridgehead atoms. The van der Waals surface area contributed by atoms with Crippen molar-refractivity contribution in [3.05, 3.63) is 35.4 Å². The van der Waals surface area contributed by atoms with Crippen LogP contribution in [0.4, 0.5) is 30.7 Å². The minimum Gasteiger partial charge on any atom is -0.336 e. The third-order valence-corrected chi connectivity index (χ3v) is 2.39. The number of alkyl halides is 5. The zero-order chi connectivity index (χ0) is 15.7. The van der Waals surface area contributed by atoms with Gasteiger partial charge in [0.25, 0.3) is 0 Å². The van der Waals surface area contributed by atoms with E-state index in [2.05, 4.69) is 0 Å². The molecule has 0 aromatic heterocycles. The largest absolute Gasteiger partial charge is 0.463 e. The number of hydrogen-bond acceptors (Lipinski definition) is 1. The Kier molecular flexibility index (Phi) is 4.30. The molecule has 0 aliphatic rings. The van der Waals surface area contributed by atoms with Crippen LogP contribution in [0.3, 0.4) is 0 Å². The van der Waals surface area contributed by atoms with Crippen LogP contribution in [-0.4, -0.2) is 30.0 Å². The highest BCUT2D eigenvalue weighted by Crippen LogP contribution is 2.36. The van der Waals surface area contributed by atoms with Crippen LogP contribution in [-0.2, 0) is 11.3 Å². The molecular weight excluding hydrogens is 295 g/mol. The molecule has 1 aromatic rings. The zero-order valence-corrected chi connectivity index (χ0v) is 9.94. The molecule has 2 nitrogen and oxygen atoms in total. The predicted octanol–water partition coefficient (Wildman–Crippen LogP) is 3.12. The first-order valence-electron chi connectivity index (χ1n) is 5.11. The fourth-order valence-electron chi connectivity index (χ4n) is 1.34. The standard InChI is InChI=1S/C11H8F7NO/c1-19(9(20)10(14,15)11(16,17)18)5-6-2-3-7(12)4-8(6)13/h2-4H,5H2,1H3. The second-order valence-electron chi connectivity index (χ2n) is 3.97. The monoisotopic (exact) mass is 303 g/mol. The summed E-state index contributed by atoms with van der Waals surface area (Å²) in [4.78, 5) is 11.1. The molecule has 20 heavy (non-hydrogen) atoms. The minimum absolute atomic E-state index is 0.0177. The number of nitrogens with zero attached hydrogens (tertiary/aromatic N) is 1. The third-order valence-electron chi connectivity index (χ3n) is 2.39. The molecule has 0 atom stereocenters. The van der Waals surface area contributed by atoms with Gasteiger partial charge in [-0.25, -0.2) is 8.78 Å².